The Bertz CT molecular complexity index is 781. The molecule has 1 N–H and O–H groups in total. The number of aryl methyl sites for hydroxylation is 1. The van der Waals surface area contributed by atoms with Crippen LogP contribution in [0.5, 0.6) is 0 Å². The summed E-state index contributed by atoms with van der Waals surface area (Å²) in [4.78, 5) is 19.9. The molecular weight excluding hydrogens is 316 g/mol. The maximum absolute atomic E-state index is 13.3. The van der Waals surface area contributed by atoms with Crippen LogP contribution in [0.1, 0.15) is 60.3 Å². The lowest BCUT2D eigenvalue weighted by Gasteiger charge is -2.17. The molecule has 1 atom stereocenters. The Morgan fingerprint density at radius 3 is 2.96 bits per heavy atom. The highest BCUT2D eigenvalue weighted by molar-refractivity contribution is 6.06. The summed E-state index contributed by atoms with van der Waals surface area (Å²) in [6.45, 7) is 4.70. The van der Waals surface area contributed by atoms with E-state index in [1.807, 2.05) is 18.0 Å². The molecule has 3 heterocycles. The molecule has 1 amide bonds. The Morgan fingerprint density at radius 2 is 2.24 bits per heavy atom. The lowest BCUT2D eigenvalue weighted by atomic mass is 10.0. The van der Waals surface area contributed by atoms with Crippen LogP contribution < -0.4 is 5.32 Å². The minimum absolute atomic E-state index is 0.105. The first-order valence-electron chi connectivity index (χ1n) is 9.44. The fourth-order valence-electron chi connectivity index (χ4n) is 3.84. The third kappa shape index (κ3) is 3.15. The lowest BCUT2D eigenvalue weighted by Crippen LogP contribution is -2.30. The summed E-state index contributed by atoms with van der Waals surface area (Å²) in [6, 6.07) is 2.00. The summed E-state index contributed by atoms with van der Waals surface area (Å²) in [5.74, 6) is 1.12. The van der Waals surface area contributed by atoms with Gasteiger partial charge >= 0.3 is 0 Å². The zero-order valence-electron chi connectivity index (χ0n) is 15.0. The minimum Gasteiger partial charge on any atom is -0.338 e. The standard InChI is InChI=1S/C19H26N4O2/c1-3-4-15-17-14(19(24)23-8-7-12(11-23)10-20-2)9-16(13-5-6-13)21-18(17)25-22-15/h9,12-13,20H,3-8,10-11H2,1-2H3. The van der Waals surface area contributed by atoms with Crippen molar-refractivity contribution in [3.8, 4) is 0 Å². The van der Waals surface area contributed by atoms with Crippen LogP contribution in [0.2, 0.25) is 0 Å². The first kappa shape index (κ1) is 16.5. The van der Waals surface area contributed by atoms with E-state index in [4.69, 9.17) is 4.52 Å². The fraction of sp³-hybridized carbons (Fsp3) is 0.632. The number of nitrogens with zero attached hydrogens (tertiary/aromatic N) is 3. The van der Waals surface area contributed by atoms with Gasteiger partial charge in [0.05, 0.1) is 16.6 Å². The third-order valence-corrected chi connectivity index (χ3v) is 5.32. The van der Waals surface area contributed by atoms with Gasteiger partial charge in [0.25, 0.3) is 11.6 Å². The molecule has 25 heavy (non-hydrogen) atoms. The number of pyridine rings is 1. The normalized spacial score (nSPS) is 20.6. The van der Waals surface area contributed by atoms with E-state index in [1.165, 1.54) is 0 Å². The van der Waals surface area contributed by atoms with E-state index in [1.54, 1.807) is 0 Å². The Labute approximate surface area is 148 Å². The van der Waals surface area contributed by atoms with Gasteiger partial charge in [-0.05, 0) is 51.3 Å². The summed E-state index contributed by atoms with van der Waals surface area (Å²) < 4.78 is 5.49. The molecule has 2 aromatic heterocycles. The van der Waals surface area contributed by atoms with Crippen LogP contribution in [0, 0.1) is 5.92 Å². The molecule has 0 spiro atoms. The second-order valence-corrected chi connectivity index (χ2v) is 7.39. The van der Waals surface area contributed by atoms with Gasteiger partial charge in [-0.25, -0.2) is 4.98 Å². The third-order valence-electron chi connectivity index (χ3n) is 5.32. The van der Waals surface area contributed by atoms with Crippen LogP contribution in [0.3, 0.4) is 0 Å². The summed E-state index contributed by atoms with van der Waals surface area (Å²) in [5.41, 5.74) is 3.12. The van der Waals surface area contributed by atoms with Crippen molar-refractivity contribution in [3.05, 3.63) is 23.0 Å². The highest BCUT2D eigenvalue weighted by atomic mass is 16.5. The van der Waals surface area contributed by atoms with Gasteiger partial charge in [0.1, 0.15) is 0 Å². The number of aromatic nitrogens is 2. The van der Waals surface area contributed by atoms with Crippen LogP contribution in [-0.2, 0) is 6.42 Å². The van der Waals surface area contributed by atoms with Crippen molar-refractivity contribution in [1.29, 1.82) is 0 Å². The van der Waals surface area contributed by atoms with Crippen molar-refractivity contribution in [2.24, 2.45) is 5.92 Å². The zero-order chi connectivity index (χ0) is 17.4. The maximum Gasteiger partial charge on any atom is 0.259 e. The summed E-state index contributed by atoms with van der Waals surface area (Å²) >= 11 is 0. The van der Waals surface area contributed by atoms with Gasteiger partial charge in [-0.2, -0.15) is 0 Å². The predicted octanol–water partition coefficient (Wildman–Crippen LogP) is 2.73. The molecule has 1 aliphatic carbocycles. The van der Waals surface area contributed by atoms with Crippen molar-refractivity contribution in [1.82, 2.24) is 20.4 Å². The van der Waals surface area contributed by atoms with Crippen LogP contribution >= 0.6 is 0 Å². The first-order chi connectivity index (χ1) is 12.2. The number of carbonyl (C=O) groups excluding carboxylic acids is 1. The predicted molar refractivity (Wildman–Crippen MR) is 95.7 cm³/mol. The van der Waals surface area contributed by atoms with Gasteiger partial charge in [-0.15, -0.1) is 0 Å². The van der Waals surface area contributed by atoms with Gasteiger partial charge in [-0.3, -0.25) is 4.79 Å². The summed E-state index contributed by atoms with van der Waals surface area (Å²) in [7, 11) is 1.97. The number of rotatable bonds is 6. The first-order valence-corrected chi connectivity index (χ1v) is 9.44. The van der Waals surface area contributed by atoms with Crippen molar-refractivity contribution in [2.75, 3.05) is 26.7 Å². The molecule has 0 radical (unpaired) electrons. The molecule has 2 fully saturated rings. The van der Waals surface area contributed by atoms with E-state index < -0.39 is 0 Å². The maximum atomic E-state index is 13.3. The Morgan fingerprint density at radius 1 is 1.40 bits per heavy atom. The number of hydrogen-bond acceptors (Lipinski definition) is 5. The highest BCUT2D eigenvalue weighted by Crippen LogP contribution is 2.41. The fourth-order valence-corrected chi connectivity index (χ4v) is 3.84. The number of nitrogens with one attached hydrogen (secondary N) is 1. The van der Waals surface area contributed by atoms with E-state index >= 15 is 0 Å². The Hall–Kier alpha value is -1.95. The molecule has 0 bridgehead atoms. The van der Waals surface area contributed by atoms with E-state index in [0.717, 1.165) is 74.1 Å². The van der Waals surface area contributed by atoms with E-state index in [9.17, 15) is 4.79 Å². The average Bonchev–Trinajstić information content (AvgIpc) is 3.24. The smallest absolute Gasteiger partial charge is 0.259 e. The van der Waals surface area contributed by atoms with Crippen LogP contribution in [0.15, 0.2) is 10.6 Å². The van der Waals surface area contributed by atoms with Gasteiger partial charge in [-0.1, -0.05) is 18.5 Å². The van der Waals surface area contributed by atoms with Gasteiger partial charge in [0, 0.05) is 24.7 Å². The highest BCUT2D eigenvalue weighted by Gasteiger charge is 2.32. The van der Waals surface area contributed by atoms with E-state index in [0.29, 0.717) is 17.5 Å². The molecule has 2 aliphatic rings. The molecule has 2 aromatic rings. The van der Waals surface area contributed by atoms with Crippen molar-refractivity contribution < 1.29 is 9.32 Å². The molecular formula is C19H26N4O2. The van der Waals surface area contributed by atoms with Crippen LogP contribution in [0.25, 0.3) is 11.1 Å². The van der Waals surface area contributed by atoms with Crippen molar-refractivity contribution in [2.45, 2.75) is 44.9 Å². The SMILES string of the molecule is CCCc1noc2nc(C3CC3)cc(C(=O)N3CCC(CNC)C3)c12. The summed E-state index contributed by atoms with van der Waals surface area (Å²) in [6.07, 6.45) is 5.13. The number of amides is 1. The topological polar surface area (TPSA) is 71.3 Å². The van der Waals surface area contributed by atoms with Gasteiger partial charge in [0.15, 0.2) is 0 Å². The molecule has 1 saturated heterocycles. The quantitative estimate of drug-likeness (QED) is 0.874. The second kappa shape index (κ2) is 6.75. The molecule has 4 rings (SSSR count). The number of likely N-dealkylation sites (tertiary alicyclic amines) is 1. The zero-order valence-corrected chi connectivity index (χ0v) is 15.0. The van der Waals surface area contributed by atoms with Crippen LogP contribution in [0.4, 0.5) is 0 Å². The minimum atomic E-state index is 0.105. The Balaban J connectivity index is 1.71. The number of carbonyl (C=O) groups is 1. The lowest BCUT2D eigenvalue weighted by molar-refractivity contribution is 0.0789. The number of fused-ring (bicyclic) bond motifs is 1. The largest absolute Gasteiger partial charge is 0.338 e. The average molecular weight is 342 g/mol. The number of hydrogen-bond donors (Lipinski definition) is 1. The molecule has 6 heteroatoms. The van der Waals surface area contributed by atoms with Gasteiger partial charge < -0.3 is 14.7 Å². The van der Waals surface area contributed by atoms with Crippen molar-refractivity contribution in [3.63, 3.8) is 0 Å². The van der Waals surface area contributed by atoms with E-state index in [-0.39, 0.29) is 5.91 Å². The molecule has 134 valence electrons. The molecule has 0 aromatic carbocycles. The monoisotopic (exact) mass is 342 g/mol. The molecule has 6 nitrogen and oxygen atoms in total. The molecule has 1 aliphatic heterocycles. The van der Waals surface area contributed by atoms with Crippen LogP contribution in [-0.4, -0.2) is 47.6 Å². The van der Waals surface area contributed by atoms with Crippen molar-refractivity contribution >= 4 is 17.0 Å². The van der Waals surface area contributed by atoms with Gasteiger partial charge in [0.2, 0.25) is 0 Å². The molecule has 1 unspecified atom stereocenters. The molecule has 1 saturated carbocycles. The second-order valence-electron chi connectivity index (χ2n) is 7.39. The summed E-state index contributed by atoms with van der Waals surface area (Å²) in [5, 5.41) is 8.25. The van der Waals surface area contributed by atoms with E-state index in [2.05, 4.69) is 22.4 Å². The Kier molecular flexibility index (Phi) is 4.46.